The molecule has 10 heteroatoms. The van der Waals surface area contributed by atoms with Gasteiger partial charge in [-0.05, 0) is 25.7 Å². The molecule has 2 aliphatic carbocycles. The number of aromatic carboxylic acids is 1. The van der Waals surface area contributed by atoms with Crippen LogP contribution in [0.15, 0.2) is 24.5 Å². The van der Waals surface area contributed by atoms with E-state index >= 15 is 0 Å². The number of methoxy groups -OCH3 is 3. The molecule has 2 saturated carbocycles. The number of nitrogens with zero attached hydrogens (tertiary/aromatic N) is 2. The summed E-state index contributed by atoms with van der Waals surface area (Å²) >= 11 is 0. The normalized spacial score (nSPS) is 16.1. The first kappa shape index (κ1) is 26.1. The van der Waals surface area contributed by atoms with Gasteiger partial charge in [0.05, 0.1) is 46.9 Å². The molecule has 190 valence electrons. The molecule has 2 heterocycles. The molecule has 0 aromatic carbocycles. The van der Waals surface area contributed by atoms with Gasteiger partial charge in [0.25, 0.3) is 0 Å². The van der Waals surface area contributed by atoms with Crippen molar-refractivity contribution in [1.29, 1.82) is 0 Å². The molecule has 2 aliphatic rings. The van der Waals surface area contributed by atoms with Gasteiger partial charge in [0.15, 0.2) is 34.4 Å². The molecular formula is C25H32N2O8. The third-order valence-corrected chi connectivity index (χ3v) is 6.08. The number of ether oxygens (including phenoxy) is 5. The fourth-order valence-corrected chi connectivity index (χ4v) is 2.94. The number of carbonyl (C=O) groups excluding carboxylic acids is 1. The molecule has 0 radical (unpaired) electrons. The lowest BCUT2D eigenvalue weighted by atomic mass is 10.2. The van der Waals surface area contributed by atoms with Crippen LogP contribution in [0.1, 0.15) is 60.5 Å². The van der Waals surface area contributed by atoms with Crippen LogP contribution in [0.2, 0.25) is 0 Å². The third-order valence-electron chi connectivity index (χ3n) is 6.08. The van der Waals surface area contributed by atoms with Crippen LogP contribution in [0.4, 0.5) is 0 Å². The Morgan fingerprint density at radius 1 is 0.800 bits per heavy atom. The number of hydrogen-bond donors (Lipinski definition) is 1. The zero-order chi connectivity index (χ0) is 25.6. The highest BCUT2D eigenvalue weighted by atomic mass is 16.5. The minimum absolute atomic E-state index is 0.0492. The largest absolute Gasteiger partial charge is 0.493 e. The molecule has 0 unspecified atom stereocenters. The SMILES string of the molecule is COC(=O)c1cc(OC)c(OCC2(C)CC2)cn1.COc1cc(C(=O)O)ncc1OCC1(C)CC1. The molecule has 4 rings (SSSR count). The summed E-state index contributed by atoms with van der Waals surface area (Å²) in [5, 5.41) is 8.81. The molecule has 0 spiro atoms. The van der Waals surface area contributed by atoms with E-state index in [2.05, 4.69) is 28.6 Å². The molecule has 0 bridgehead atoms. The summed E-state index contributed by atoms with van der Waals surface area (Å²) in [6.07, 6.45) is 7.59. The lowest BCUT2D eigenvalue weighted by molar-refractivity contribution is 0.0592. The maximum atomic E-state index is 11.3. The maximum absolute atomic E-state index is 11.3. The van der Waals surface area contributed by atoms with Crippen molar-refractivity contribution in [3.8, 4) is 23.0 Å². The van der Waals surface area contributed by atoms with Crippen molar-refractivity contribution in [1.82, 2.24) is 9.97 Å². The van der Waals surface area contributed by atoms with Crippen LogP contribution < -0.4 is 18.9 Å². The van der Waals surface area contributed by atoms with E-state index in [4.69, 9.17) is 24.1 Å². The van der Waals surface area contributed by atoms with Gasteiger partial charge in [-0.3, -0.25) is 0 Å². The first-order valence-corrected chi connectivity index (χ1v) is 11.3. The lowest BCUT2D eigenvalue weighted by Gasteiger charge is -2.13. The second kappa shape index (κ2) is 10.8. The molecule has 10 nitrogen and oxygen atoms in total. The molecule has 35 heavy (non-hydrogen) atoms. The smallest absolute Gasteiger partial charge is 0.356 e. The quantitative estimate of drug-likeness (QED) is 0.490. The van der Waals surface area contributed by atoms with E-state index in [0.29, 0.717) is 36.2 Å². The summed E-state index contributed by atoms with van der Waals surface area (Å²) in [6.45, 7) is 5.58. The molecule has 1 N–H and O–H groups in total. The Morgan fingerprint density at radius 3 is 1.60 bits per heavy atom. The Kier molecular flexibility index (Phi) is 8.03. The molecule has 0 aliphatic heterocycles. The molecule has 0 atom stereocenters. The average Bonchev–Trinajstić information content (AvgIpc) is 3.79. The van der Waals surface area contributed by atoms with Gasteiger partial charge in [-0.15, -0.1) is 0 Å². The van der Waals surface area contributed by atoms with Crippen LogP contribution in [0.25, 0.3) is 0 Å². The first-order valence-electron chi connectivity index (χ1n) is 11.3. The van der Waals surface area contributed by atoms with Gasteiger partial charge in [-0.1, -0.05) is 13.8 Å². The molecule has 0 saturated heterocycles. The number of carbonyl (C=O) groups is 2. The van der Waals surface area contributed by atoms with Gasteiger partial charge < -0.3 is 28.8 Å². The Morgan fingerprint density at radius 2 is 1.23 bits per heavy atom. The predicted octanol–water partition coefficient (Wildman–Crippen LogP) is 4.02. The number of carboxylic acid groups (broad SMARTS) is 1. The first-order chi connectivity index (χ1) is 16.6. The van der Waals surface area contributed by atoms with Crippen molar-refractivity contribution in [3.63, 3.8) is 0 Å². The Bertz CT molecular complexity index is 1060. The second-order valence-corrected chi connectivity index (χ2v) is 9.44. The van der Waals surface area contributed by atoms with Crippen molar-refractivity contribution >= 4 is 11.9 Å². The Balaban J connectivity index is 0.000000196. The van der Waals surface area contributed by atoms with Crippen LogP contribution in [0.5, 0.6) is 23.0 Å². The van der Waals surface area contributed by atoms with Gasteiger partial charge in [0, 0.05) is 23.0 Å². The van der Waals surface area contributed by atoms with Gasteiger partial charge in [-0.2, -0.15) is 0 Å². The summed E-state index contributed by atoms with van der Waals surface area (Å²) in [5.41, 5.74) is 0.703. The van der Waals surface area contributed by atoms with Gasteiger partial charge in [-0.25, -0.2) is 19.6 Å². The molecular weight excluding hydrogens is 456 g/mol. The van der Waals surface area contributed by atoms with Gasteiger partial charge >= 0.3 is 11.9 Å². The Labute approximate surface area is 204 Å². The average molecular weight is 489 g/mol. The number of esters is 1. The van der Waals surface area contributed by atoms with Crippen LogP contribution >= 0.6 is 0 Å². The van der Waals surface area contributed by atoms with E-state index in [1.807, 2.05) is 0 Å². The van der Waals surface area contributed by atoms with Crippen molar-refractivity contribution in [2.45, 2.75) is 39.5 Å². The topological polar surface area (TPSA) is 126 Å². The number of pyridine rings is 2. The zero-order valence-electron chi connectivity index (χ0n) is 20.8. The fourth-order valence-electron chi connectivity index (χ4n) is 2.94. The van der Waals surface area contributed by atoms with Gasteiger partial charge in [0.1, 0.15) is 0 Å². The summed E-state index contributed by atoms with van der Waals surface area (Å²) in [6, 6.07) is 2.89. The number of carboxylic acids is 1. The second-order valence-electron chi connectivity index (χ2n) is 9.44. The minimum atomic E-state index is -1.08. The maximum Gasteiger partial charge on any atom is 0.356 e. The number of hydrogen-bond acceptors (Lipinski definition) is 9. The van der Waals surface area contributed by atoms with E-state index in [9.17, 15) is 9.59 Å². The van der Waals surface area contributed by atoms with Crippen LogP contribution in [0.3, 0.4) is 0 Å². The van der Waals surface area contributed by atoms with E-state index in [-0.39, 0.29) is 22.2 Å². The van der Waals surface area contributed by atoms with Crippen molar-refractivity contribution in [2.75, 3.05) is 34.5 Å². The summed E-state index contributed by atoms with van der Waals surface area (Å²) in [5.74, 6) is 0.373. The van der Waals surface area contributed by atoms with Crippen LogP contribution in [-0.2, 0) is 4.74 Å². The summed E-state index contributed by atoms with van der Waals surface area (Å²) < 4.78 is 26.2. The van der Waals surface area contributed by atoms with E-state index in [1.54, 1.807) is 0 Å². The number of aromatic nitrogens is 2. The third kappa shape index (κ3) is 7.21. The predicted molar refractivity (Wildman–Crippen MR) is 126 cm³/mol. The Hall–Kier alpha value is -3.56. The highest BCUT2D eigenvalue weighted by molar-refractivity contribution is 5.87. The minimum Gasteiger partial charge on any atom is -0.493 e. The van der Waals surface area contributed by atoms with Crippen molar-refractivity contribution in [2.24, 2.45) is 10.8 Å². The van der Waals surface area contributed by atoms with E-state index in [1.165, 1.54) is 58.7 Å². The molecule has 2 aromatic heterocycles. The summed E-state index contributed by atoms with van der Waals surface area (Å²) in [4.78, 5) is 29.9. The standard InChI is InChI=1S/C13H17NO4.C12H15NO4/c1-13(4-5-13)8-18-11-7-14-9(12(15)17-3)6-10(11)16-2;1-12(3-4-12)7-17-10-6-13-8(11(14)15)5-9(10)16-2/h6-7H,4-5,8H2,1-3H3;5-6H,3-4,7H2,1-2H3,(H,14,15). The summed E-state index contributed by atoms with van der Waals surface area (Å²) in [7, 11) is 4.32. The molecule has 2 fully saturated rings. The highest BCUT2D eigenvalue weighted by Gasteiger charge is 2.39. The number of rotatable bonds is 10. The van der Waals surface area contributed by atoms with Crippen LogP contribution in [-0.4, -0.2) is 61.6 Å². The van der Waals surface area contributed by atoms with E-state index in [0.717, 1.165) is 12.8 Å². The molecule has 2 aromatic rings. The van der Waals surface area contributed by atoms with Crippen molar-refractivity contribution in [3.05, 3.63) is 35.9 Å². The van der Waals surface area contributed by atoms with E-state index < -0.39 is 11.9 Å². The van der Waals surface area contributed by atoms with Crippen LogP contribution in [0, 0.1) is 10.8 Å². The van der Waals surface area contributed by atoms with Gasteiger partial charge in [0.2, 0.25) is 0 Å². The highest BCUT2D eigenvalue weighted by Crippen LogP contribution is 2.46. The zero-order valence-corrected chi connectivity index (χ0v) is 20.8. The molecule has 0 amide bonds. The monoisotopic (exact) mass is 488 g/mol. The fraction of sp³-hybridized carbons (Fsp3) is 0.520. The lowest BCUT2D eigenvalue weighted by Crippen LogP contribution is -2.11. The van der Waals surface area contributed by atoms with Crippen molar-refractivity contribution < 1.29 is 38.4 Å².